The van der Waals surface area contributed by atoms with Crippen molar-refractivity contribution in [3.05, 3.63) is 34.1 Å². The van der Waals surface area contributed by atoms with Gasteiger partial charge in [0.2, 0.25) is 0 Å². The molecular weight excluding hydrogens is 307 g/mol. The topological polar surface area (TPSA) is 29.3 Å². The molecule has 0 spiro atoms. The number of benzene rings is 1. The fraction of sp³-hybridized carbons (Fsp3) is 0.600. The maximum Gasteiger partial charge on any atom is 0.137 e. The highest BCUT2D eigenvalue weighted by Gasteiger charge is 2.25. The summed E-state index contributed by atoms with van der Waals surface area (Å²) in [5.74, 6) is -0.210. The van der Waals surface area contributed by atoms with Gasteiger partial charge in [-0.15, -0.1) is 0 Å². The maximum atomic E-state index is 13.7. The van der Waals surface area contributed by atoms with Crippen molar-refractivity contribution in [3.63, 3.8) is 0 Å². The smallest absolute Gasteiger partial charge is 0.137 e. The van der Waals surface area contributed by atoms with Crippen molar-refractivity contribution in [1.29, 1.82) is 0 Å². The Labute approximate surface area is 123 Å². The van der Waals surface area contributed by atoms with E-state index >= 15 is 0 Å². The number of hydrogen-bond acceptors (Lipinski definition) is 2. The number of nitrogens with zero attached hydrogens (tertiary/aromatic N) is 1. The van der Waals surface area contributed by atoms with Gasteiger partial charge in [0.15, 0.2) is 0 Å². The van der Waals surface area contributed by atoms with E-state index in [0.29, 0.717) is 17.1 Å². The molecule has 0 aromatic heterocycles. The predicted molar refractivity (Wildman–Crippen MR) is 80.5 cm³/mol. The molecule has 1 saturated heterocycles. The second kappa shape index (κ2) is 6.82. The van der Waals surface area contributed by atoms with E-state index < -0.39 is 0 Å². The lowest BCUT2D eigenvalue weighted by Crippen LogP contribution is -2.39. The highest BCUT2D eigenvalue weighted by molar-refractivity contribution is 9.10. The van der Waals surface area contributed by atoms with Gasteiger partial charge in [-0.2, -0.15) is 0 Å². The van der Waals surface area contributed by atoms with Crippen LogP contribution in [-0.4, -0.2) is 24.0 Å². The number of hydrogen-bond donors (Lipinski definition) is 1. The van der Waals surface area contributed by atoms with Crippen LogP contribution in [0.5, 0.6) is 0 Å². The molecule has 2 atom stereocenters. The zero-order chi connectivity index (χ0) is 13.8. The highest BCUT2D eigenvalue weighted by Crippen LogP contribution is 2.29. The lowest BCUT2D eigenvalue weighted by molar-refractivity contribution is 0.150. The van der Waals surface area contributed by atoms with Gasteiger partial charge in [-0.25, -0.2) is 4.39 Å². The van der Waals surface area contributed by atoms with Crippen LogP contribution in [0.15, 0.2) is 22.7 Å². The number of halogens is 2. The first kappa shape index (κ1) is 14.9. The lowest BCUT2D eigenvalue weighted by Gasteiger charge is -2.35. The first-order valence-corrected chi connectivity index (χ1v) is 7.83. The summed E-state index contributed by atoms with van der Waals surface area (Å²) in [6, 6.07) is 6.00. The van der Waals surface area contributed by atoms with Crippen LogP contribution in [0, 0.1) is 5.82 Å². The van der Waals surface area contributed by atoms with Crippen LogP contribution < -0.4 is 5.73 Å². The SMILES string of the molecule is CC1CCCCCN1C(CN)c1ccc(Br)c(F)c1. The Morgan fingerprint density at radius 3 is 2.89 bits per heavy atom. The summed E-state index contributed by atoms with van der Waals surface area (Å²) in [6.45, 7) is 3.84. The van der Waals surface area contributed by atoms with E-state index in [9.17, 15) is 4.39 Å². The number of likely N-dealkylation sites (tertiary alicyclic amines) is 1. The van der Waals surface area contributed by atoms with Crippen LogP contribution in [0.4, 0.5) is 4.39 Å². The van der Waals surface area contributed by atoms with Gasteiger partial charge >= 0.3 is 0 Å². The monoisotopic (exact) mass is 328 g/mol. The Morgan fingerprint density at radius 2 is 2.21 bits per heavy atom. The maximum absolute atomic E-state index is 13.7. The van der Waals surface area contributed by atoms with Crippen molar-refractivity contribution in [3.8, 4) is 0 Å². The molecular formula is C15H22BrFN2. The Hall–Kier alpha value is -0.450. The third-order valence-corrected chi connectivity index (χ3v) is 4.70. The van der Waals surface area contributed by atoms with Crippen LogP contribution >= 0.6 is 15.9 Å². The molecule has 0 radical (unpaired) electrons. The second-order valence-electron chi connectivity index (χ2n) is 5.36. The van der Waals surface area contributed by atoms with Gasteiger partial charge in [-0.05, 0) is 59.9 Å². The lowest BCUT2D eigenvalue weighted by atomic mass is 10.0. The Balaban J connectivity index is 2.24. The van der Waals surface area contributed by atoms with Crippen molar-refractivity contribution >= 4 is 15.9 Å². The summed E-state index contributed by atoms with van der Waals surface area (Å²) in [5, 5.41) is 0. The molecule has 0 saturated carbocycles. The Bertz CT molecular complexity index is 425. The molecule has 2 unspecified atom stereocenters. The molecule has 1 aliphatic heterocycles. The predicted octanol–water partition coefficient (Wildman–Crippen LogP) is 3.85. The van der Waals surface area contributed by atoms with Gasteiger partial charge in [0, 0.05) is 18.6 Å². The minimum absolute atomic E-state index is 0.121. The van der Waals surface area contributed by atoms with Crippen molar-refractivity contribution in [2.45, 2.75) is 44.7 Å². The molecule has 0 bridgehead atoms. The van der Waals surface area contributed by atoms with E-state index in [1.165, 1.54) is 25.7 Å². The standard InChI is InChI=1S/C15H22BrFN2/c1-11-5-3-2-4-8-19(11)15(10-18)12-6-7-13(16)14(17)9-12/h6-7,9,11,15H,2-5,8,10,18H2,1H3. The molecule has 1 heterocycles. The first-order valence-electron chi connectivity index (χ1n) is 7.04. The third kappa shape index (κ3) is 3.56. The summed E-state index contributed by atoms with van der Waals surface area (Å²) in [6.07, 6.45) is 4.98. The molecule has 0 aliphatic carbocycles. The van der Waals surface area contributed by atoms with Gasteiger partial charge in [0.25, 0.3) is 0 Å². The van der Waals surface area contributed by atoms with Crippen molar-refractivity contribution in [2.75, 3.05) is 13.1 Å². The Morgan fingerprint density at radius 1 is 1.42 bits per heavy atom. The fourth-order valence-corrected chi connectivity index (χ4v) is 3.19. The van der Waals surface area contributed by atoms with E-state index in [0.717, 1.165) is 12.1 Å². The normalized spacial score (nSPS) is 23.1. The zero-order valence-corrected chi connectivity index (χ0v) is 13.0. The minimum atomic E-state index is -0.210. The van der Waals surface area contributed by atoms with Gasteiger partial charge in [0.05, 0.1) is 4.47 Å². The highest BCUT2D eigenvalue weighted by atomic mass is 79.9. The van der Waals surface area contributed by atoms with Gasteiger partial charge in [-0.1, -0.05) is 18.9 Å². The van der Waals surface area contributed by atoms with Crippen molar-refractivity contribution < 1.29 is 4.39 Å². The summed E-state index contributed by atoms with van der Waals surface area (Å²) in [4.78, 5) is 2.44. The molecule has 1 aromatic carbocycles. The first-order chi connectivity index (χ1) is 9.13. The molecule has 2 N–H and O–H groups in total. The number of rotatable bonds is 3. The second-order valence-corrected chi connectivity index (χ2v) is 6.22. The summed E-state index contributed by atoms with van der Waals surface area (Å²) < 4.78 is 14.2. The molecule has 1 aromatic rings. The van der Waals surface area contributed by atoms with Crippen LogP contribution in [-0.2, 0) is 0 Å². The Kier molecular flexibility index (Phi) is 5.37. The minimum Gasteiger partial charge on any atom is -0.329 e. The third-order valence-electron chi connectivity index (χ3n) is 4.06. The van der Waals surface area contributed by atoms with E-state index in [1.54, 1.807) is 12.1 Å². The van der Waals surface area contributed by atoms with E-state index in [1.807, 2.05) is 6.07 Å². The molecule has 4 heteroatoms. The van der Waals surface area contributed by atoms with Crippen LogP contribution in [0.2, 0.25) is 0 Å². The molecule has 0 amide bonds. The molecule has 2 rings (SSSR count). The largest absolute Gasteiger partial charge is 0.329 e. The molecule has 1 aliphatic rings. The van der Waals surface area contributed by atoms with Gasteiger partial charge < -0.3 is 5.73 Å². The quantitative estimate of drug-likeness (QED) is 0.913. The molecule has 106 valence electrons. The van der Waals surface area contributed by atoms with Crippen LogP contribution in [0.1, 0.15) is 44.2 Å². The average molecular weight is 329 g/mol. The van der Waals surface area contributed by atoms with E-state index in [2.05, 4.69) is 27.8 Å². The van der Waals surface area contributed by atoms with E-state index in [-0.39, 0.29) is 11.9 Å². The van der Waals surface area contributed by atoms with Gasteiger partial charge in [-0.3, -0.25) is 4.90 Å². The molecule has 19 heavy (non-hydrogen) atoms. The molecule has 2 nitrogen and oxygen atoms in total. The summed E-state index contributed by atoms with van der Waals surface area (Å²) in [7, 11) is 0. The van der Waals surface area contributed by atoms with E-state index in [4.69, 9.17) is 5.73 Å². The van der Waals surface area contributed by atoms with Crippen molar-refractivity contribution in [1.82, 2.24) is 4.90 Å². The average Bonchev–Trinajstić information content (AvgIpc) is 2.60. The van der Waals surface area contributed by atoms with Crippen molar-refractivity contribution in [2.24, 2.45) is 5.73 Å². The summed E-state index contributed by atoms with van der Waals surface area (Å²) >= 11 is 3.20. The number of nitrogens with two attached hydrogens (primary N) is 1. The fourth-order valence-electron chi connectivity index (χ4n) is 2.94. The van der Waals surface area contributed by atoms with Crippen LogP contribution in [0.25, 0.3) is 0 Å². The summed E-state index contributed by atoms with van der Waals surface area (Å²) in [5.41, 5.74) is 6.94. The zero-order valence-electron chi connectivity index (χ0n) is 11.4. The van der Waals surface area contributed by atoms with Gasteiger partial charge in [0.1, 0.15) is 5.82 Å². The molecule has 1 fully saturated rings. The van der Waals surface area contributed by atoms with Crippen LogP contribution in [0.3, 0.4) is 0 Å².